The van der Waals surface area contributed by atoms with E-state index in [2.05, 4.69) is 0 Å². The Hall–Kier alpha value is -3.35. The molecule has 1 heterocycles. The first-order valence-electron chi connectivity index (χ1n) is 7.36. The van der Waals surface area contributed by atoms with Gasteiger partial charge in [-0.15, -0.1) is 0 Å². The number of hydrogen-bond acceptors (Lipinski definition) is 6. The molecule has 0 unspecified atom stereocenters. The van der Waals surface area contributed by atoms with Crippen molar-refractivity contribution in [3.05, 3.63) is 47.7 Å². The molecule has 0 bridgehead atoms. The monoisotopic (exact) mass is 344 g/mol. The molecule has 130 valence electrons. The molecule has 0 saturated carbocycles. The van der Waals surface area contributed by atoms with Crippen LogP contribution < -0.4 is 23.7 Å². The van der Waals surface area contributed by atoms with Crippen LogP contribution in [0.1, 0.15) is 5.56 Å². The molecular formula is C18H16O7. The number of carboxylic acid groups (broad SMARTS) is 1. The summed E-state index contributed by atoms with van der Waals surface area (Å²) in [6.07, 6.45) is 1.39. The molecule has 7 nitrogen and oxygen atoms in total. The maximum Gasteiger partial charge on any atom is 0.371 e. The van der Waals surface area contributed by atoms with Gasteiger partial charge in [-0.1, -0.05) is 12.1 Å². The lowest BCUT2D eigenvalue weighted by molar-refractivity contribution is -0.134. The van der Waals surface area contributed by atoms with Crippen molar-refractivity contribution in [1.82, 2.24) is 0 Å². The molecule has 1 aliphatic heterocycles. The van der Waals surface area contributed by atoms with Crippen molar-refractivity contribution in [3.8, 4) is 28.7 Å². The van der Waals surface area contributed by atoms with Crippen LogP contribution in [0.4, 0.5) is 0 Å². The van der Waals surface area contributed by atoms with Crippen molar-refractivity contribution >= 4 is 12.0 Å². The molecule has 0 aliphatic carbocycles. The third-order valence-corrected chi connectivity index (χ3v) is 3.50. The van der Waals surface area contributed by atoms with Gasteiger partial charge in [0.15, 0.2) is 23.0 Å². The fraction of sp³-hybridized carbons (Fsp3) is 0.167. The van der Waals surface area contributed by atoms with Crippen LogP contribution >= 0.6 is 0 Å². The molecule has 3 rings (SSSR count). The number of fused-ring (bicyclic) bond motifs is 1. The Morgan fingerprint density at radius 2 is 1.76 bits per heavy atom. The van der Waals surface area contributed by atoms with Gasteiger partial charge in [0.05, 0.1) is 14.2 Å². The molecule has 0 amide bonds. The summed E-state index contributed by atoms with van der Waals surface area (Å²) in [6.45, 7) is 0.142. The molecule has 0 radical (unpaired) electrons. The Morgan fingerprint density at radius 1 is 1.08 bits per heavy atom. The predicted octanol–water partition coefficient (Wildman–Crippen LogP) is 2.94. The van der Waals surface area contributed by atoms with Crippen molar-refractivity contribution in [2.45, 2.75) is 0 Å². The highest BCUT2D eigenvalue weighted by atomic mass is 16.7. The minimum absolute atomic E-state index is 0.142. The topological polar surface area (TPSA) is 83.5 Å². The number of ether oxygens (including phenoxy) is 5. The van der Waals surface area contributed by atoms with Crippen molar-refractivity contribution < 1.29 is 33.6 Å². The van der Waals surface area contributed by atoms with E-state index in [4.69, 9.17) is 23.7 Å². The maximum atomic E-state index is 11.6. The van der Waals surface area contributed by atoms with Crippen molar-refractivity contribution in [2.75, 3.05) is 21.0 Å². The van der Waals surface area contributed by atoms with Crippen LogP contribution in [0.5, 0.6) is 28.7 Å². The van der Waals surface area contributed by atoms with Gasteiger partial charge in [-0.2, -0.15) is 0 Å². The van der Waals surface area contributed by atoms with Gasteiger partial charge in [-0.25, -0.2) is 4.79 Å². The van der Waals surface area contributed by atoms with Gasteiger partial charge in [-0.05, 0) is 35.9 Å². The minimum atomic E-state index is -1.23. The highest BCUT2D eigenvalue weighted by Gasteiger charge is 2.19. The molecule has 7 heteroatoms. The van der Waals surface area contributed by atoms with Crippen molar-refractivity contribution in [1.29, 1.82) is 0 Å². The van der Waals surface area contributed by atoms with Crippen LogP contribution in [-0.2, 0) is 4.79 Å². The number of methoxy groups -OCH3 is 2. The minimum Gasteiger partial charge on any atom is -0.493 e. The number of benzene rings is 2. The summed E-state index contributed by atoms with van der Waals surface area (Å²) in [7, 11) is 2.92. The standard InChI is InChI=1S/C18H16O7/c1-21-13-4-3-5-14(22-2)17(13)25-16(18(19)20)9-11-6-7-12-15(8-11)24-10-23-12/h3-9H,10H2,1-2H3,(H,19,20). The second kappa shape index (κ2) is 7.04. The lowest BCUT2D eigenvalue weighted by Gasteiger charge is -2.14. The number of para-hydroxylation sites is 1. The average molecular weight is 344 g/mol. The number of aliphatic carboxylic acids is 1. The van der Waals surface area contributed by atoms with E-state index in [0.717, 1.165) is 0 Å². The van der Waals surface area contributed by atoms with E-state index in [-0.39, 0.29) is 18.3 Å². The number of rotatable bonds is 6. The molecule has 0 aromatic heterocycles. The van der Waals surface area contributed by atoms with E-state index in [0.29, 0.717) is 28.6 Å². The Balaban J connectivity index is 1.96. The Labute approximate surface area is 144 Å². The van der Waals surface area contributed by atoms with Gasteiger partial charge in [-0.3, -0.25) is 0 Å². The number of carbonyl (C=O) groups is 1. The summed E-state index contributed by atoms with van der Waals surface area (Å²) in [4.78, 5) is 11.6. The molecule has 0 saturated heterocycles. The van der Waals surface area contributed by atoms with Gasteiger partial charge in [0.25, 0.3) is 0 Å². The summed E-state index contributed by atoms with van der Waals surface area (Å²) in [5.74, 6) is 0.540. The van der Waals surface area contributed by atoms with Crippen LogP contribution in [0.3, 0.4) is 0 Å². The fourth-order valence-corrected chi connectivity index (χ4v) is 2.32. The van der Waals surface area contributed by atoms with Crippen LogP contribution in [0.15, 0.2) is 42.2 Å². The highest BCUT2D eigenvalue weighted by Crippen LogP contribution is 2.38. The van der Waals surface area contributed by atoms with E-state index in [9.17, 15) is 9.90 Å². The normalized spacial score (nSPS) is 12.6. The van der Waals surface area contributed by atoms with E-state index in [1.54, 1.807) is 36.4 Å². The largest absolute Gasteiger partial charge is 0.493 e. The summed E-state index contributed by atoms with van der Waals surface area (Å²) < 4.78 is 26.5. The summed E-state index contributed by atoms with van der Waals surface area (Å²) >= 11 is 0. The third kappa shape index (κ3) is 3.45. The molecule has 1 N–H and O–H groups in total. The first-order chi connectivity index (χ1) is 12.1. The van der Waals surface area contributed by atoms with E-state index < -0.39 is 5.97 Å². The first kappa shape index (κ1) is 16.5. The van der Waals surface area contributed by atoms with E-state index >= 15 is 0 Å². The zero-order valence-corrected chi connectivity index (χ0v) is 13.6. The molecule has 25 heavy (non-hydrogen) atoms. The van der Waals surface area contributed by atoms with Gasteiger partial charge < -0.3 is 28.8 Å². The second-order valence-electron chi connectivity index (χ2n) is 5.02. The van der Waals surface area contributed by atoms with Gasteiger partial charge in [0.2, 0.25) is 18.3 Å². The summed E-state index contributed by atoms with van der Waals surface area (Å²) in [6, 6.07) is 10.1. The summed E-state index contributed by atoms with van der Waals surface area (Å²) in [5.41, 5.74) is 0.593. The number of hydrogen-bond donors (Lipinski definition) is 1. The summed E-state index contributed by atoms with van der Waals surface area (Å²) in [5, 5.41) is 9.49. The van der Waals surface area contributed by atoms with Gasteiger partial charge in [0, 0.05) is 0 Å². The van der Waals surface area contributed by atoms with Crippen LogP contribution in [0, 0.1) is 0 Å². The van der Waals surface area contributed by atoms with E-state index in [1.165, 1.54) is 20.3 Å². The Morgan fingerprint density at radius 3 is 2.40 bits per heavy atom. The maximum absolute atomic E-state index is 11.6. The Bertz CT molecular complexity index is 804. The van der Waals surface area contributed by atoms with Crippen LogP contribution in [0.25, 0.3) is 6.08 Å². The number of carboxylic acids is 1. The zero-order valence-electron chi connectivity index (χ0n) is 13.6. The SMILES string of the molecule is COc1cccc(OC)c1OC(=Cc1ccc2c(c1)OCO2)C(=O)O. The highest BCUT2D eigenvalue weighted by molar-refractivity contribution is 5.90. The fourth-order valence-electron chi connectivity index (χ4n) is 2.32. The predicted molar refractivity (Wildman–Crippen MR) is 88.4 cm³/mol. The van der Waals surface area contributed by atoms with Crippen LogP contribution in [0.2, 0.25) is 0 Å². The average Bonchev–Trinajstić information content (AvgIpc) is 3.08. The second-order valence-corrected chi connectivity index (χ2v) is 5.02. The molecule has 0 spiro atoms. The third-order valence-electron chi connectivity index (χ3n) is 3.50. The van der Waals surface area contributed by atoms with Gasteiger partial charge >= 0.3 is 5.97 Å². The van der Waals surface area contributed by atoms with Gasteiger partial charge in [0.1, 0.15) is 0 Å². The lowest BCUT2D eigenvalue weighted by atomic mass is 10.2. The molecule has 1 aliphatic rings. The van der Waals surface area contributed by atoms with Crippen molar-refractivity contribution in [2.24, 2.45) is 0 Å². The zero-order chi connectivity index (χ0) is 17.8. The molecule has 0 fully saturated rings. The quantitative estimate of drug-likeness (QED) is 0.637. The van der Waals surface area contributed by atoms with Crippen molar-refractivity contribution in [3.63, 3.8) is 0 Å². The first-order valence-corrected chi connectivity index (χ1v) is 7.36. The lowest BCUT2D eigenvalue weighted by Crippen LogP contribution is -2.09. The van der Waals surface area contributed by atoms with E-state index in [1.807, 2.05) is 0 Å². The van der Waals surface area contributed by atoms with Crippen LogP contribution in [-0.4, -0.2) is 32.1 Å². The molecule has 0 atom stereocenters. The Kier molecular flexibility index (Phi) is 4.65. The molecule has 2 aromatic rings. The smallest absolute Gasteiger partial charge is 0.371 e. The molecular weight excluding hydrogens is 328 g/mol. The molecule has 2 aromatic carbocycles.